The third-order valence-electron chi connectivity index (χ3n) is 1.73. The first kappa shape index (κ1) is 8.72. The number of nitrogens with zero attached hydrogens (tertiary/aromatic N) is 1. The van der Waals surface area contributed by atoms with E-state index in [0.717, 1.165) is 5.01 Å². The Morgan fingerprint density at radius 1 is 1.46 bits per heavy atom. The van der Waals surface area contributed by atoms with Crippen LogP contribution >= 0.6 is 22.7 Å². The molecule has 13 heavy (non-hydrogen) atoms. The highest BCUT2D eigenvalue weighted by Crippen LogP contribution is 2.21. The average molecular weight is 210 g/mol. The van der Waals surface area contributed by atoms with Gasteiger partial charge >= 0.3 is 0 Å². The zero-order valence-electron chi connectivity index (χ0n) is 7.23. The van der Waals surface area contributed by atoms with E-state index in [1.165, 1.54) is 5.69 Å². The topological polar surface area (TPSA) is 24.9 Å². The maximum atomic E-state index is 4.26. The molecule has 2 aromatic rings. The van der Waals surface area contributed by atoms with Crippen LogP contribution in [0.3, 0.4) is 0 Å². The Hall–Kier alpha value is -0.870. The monoisotopic (exact) mass is 210 g/mol. The normalized spacial score (nSPS) is 12.7. The van der Waals surface area contributed by atoms with Gasteiger partial charge in [0.2, 0.25) is 0 Å². The smallest absolute Gasteiger partial charge is 0.115 e. The quantitative estimate of drug-likeness (QED) is 0.840. The fraction of sp³-hybridized carbons (Fsp3) is 0.222. The van der Waals surface area contributed by atoms with Crippen LogP contribution in [0.1, 0.15) is 18.0 Å². The second kappa shape index (κ2) is 3.89. The lowest BCUT2D eigenvalue weighted by Gasteiger charge is -2.10. The van der Waals surface area contributed by atoms with Crippen LogP contribution in [-0.2, 0) is 0 Å². The fourth-order valence-corrected chi connectivity index (χ4v) is 2.35. The van der Waals surface area contributed by atoms with Crippen molar-refractivity contribution in [1.29, 1.82) is 0 Å². The van der Waals surface area contributed by atoms with E-state index < -0.39 is 0 Å². The Labute approximate surface area is 85.3 Å². The maximum Gasteiger partial charge on any atom is 0.115 e. The van der Waals surface area contributed by atoms with Crippen LogP contribution in [-0.4, -0.2) is 4.98 Å². The number of anilines is 1. The number of aromatic nitrogens is 1. The van der Waals surface area contributed by atoms with Gasteiger partial charge in [-0.25, -0.2) is 4.98 Å². The largest absolute Gasteiger partial charge is 0.375 e. The zero-order valence-corrected chi connectivity index (χ0v) is 8.86. The van der Waals surface area contributed by atoms with E-state index in [-0.39, 0.29) is 0 Å². The molecule has 0 aromatic carbocycles. The highest BCUT2D eigenvalue weighted by molar-refractivity contribution is 7.09. The van der Waals surface area contributed by atoms with Gasteiger partial charge in [0, 0.05) is 22.6 Å². The Morgan fingerprint density at radius 2 is 2.38 bits per heavy atom. The molecule has 4 heteroatoms. The molecular formula is C9H10N2S2. The number of thiazole rings is 1. The minimum Gasteiger partial charge on any atom is -0.375 e. The fourth-order valence-electron chi connectivity index (χ4n) is 1.11. The SMILES string of the molecule is CC(Nc1ccsc1)c1nccs1. The molecule has 1 unspecified atom stereocenters. The molecule has 2 nitrogen and oxygen atoms in total. The van der Waals surface area contributed by atoms with Crippen molar-refractivity contribution in [2.75, 3.05) is 5.32 Å². The highest BCUT2D eigenvalue weighted by atomic mass is 32.1. The molecule has 0 bridgehead atoms. The van der Waals surface area contributed by atoms with E-state index in [1.807, 2.05) is 11.6 Å². The van der Waals surface area contributed by atoms with Crippen LogP contribution in [0.5, 0.6) is 0 Å². The molecular weight excluding hydrogens is 200 g/mol. The Morgan fingerprint density at radius 3 is 3.00 bits per heavy atom. The molecule has 0 radical (unpaired) electrons. The van der Waals surface area contributed by atoms with Crippen molar-refractivity contribution < 1.29 is 0 Å². The molecule has 0 saturated heterocycles. The molecule has 0 fully saturated rings. The van der Waals surface area contributed by atoms with Gasteiger partial charge in [-0.05, 0) is 18.4 Å². The number of hydrogen-bond acceptors (Lipinski definition) is 4. The second-order valence-electron chi connectivity index (χ2n) is 2.75. The van der Waals surface area contributed by atoms with Gasteiger partial charge in [0.25, 0.3) is 0 Å². The van der Waals surface area contributed by atoms with Gasteiger partial charge in [0.05, 0.1) is 6.04 Å². The first-order valence-corrected chi connectivity index (χ1v) is 5.86. The van der Waals surface area contributed by atoms with Gasteiger partial charge < -0.3 is 5.32 Å². The van der Waals surface area contributed by atoms with E-state index in [9.17, 15) is 0 Å². The number of rotatable bonds is 3. The summed E-state index contributed by atoms with van der Waals surface area (Å²) < 4.78 is 0. The van der Waals surface area contributed by atoms with Gasteiger partial charge in [-0.3, -0.25) is 0 Å². The minimum absolute atomic E-state index is 0.301. The Balaban J connectivity index is 2.04. The van der Waals surface area contributed by atoms with Gasteiger partial charge in [0.15, 0.2) is 0 Å². The first-order valence-electron chi connectivity index (χ1n) is 4.04. The second-order valence-corrected chi connectivity index (χ2v) is 4.45. The molecule has 0 aliphatic carbocycles. The first-order chi connectivity index (χ1) is 6.36. The summed E-state index contributed by atoms with van der Waals surface area (Å²) in [5, 5.41) is 10.7. The summed E-state index contributed by atoms with van der Waals surface area (Å²) in [6.45, 7) is 2.12. The predicted molar refractivity (Wildman–Crippen MR) is 58.5 cm³/mol. The van der Waals surface area contributed by atoms with Crippen LogP contribution in [0.2, 0.25) is 0 Å². The average Bonchev–Trinajstić information content (AvgIpc) is 2.74. The lowest BCUT2D eigenvalue weighted by molar-refractivity contribution is 0.871. The van der Waals surface area contributed by atoms with E-state index >= 15 is 0 Å². The molecule has 1 N–H and O–H groups in total. The molecule has 68 valence electrons. The van der Waals surface area contributed by atoms with Crippen LogP contribution in [0.4, 0.5) is 5.69 Å². The van der Waals surface area contributed by atoms with E-state index in [1.54, 1.807) is 22.7 Å². The molecule has 0 spiro atoms. The predicted octanol–water partition coefficient (Wildman–Crippen LogP) is 3.38. The van der Waals surface area contributed by atoms with Crippen molar-refractivity contribution in [3.8, 4) is 0 Å². The molecule has 0 aliphatic heterocycles. The molecule has 2 heterocycles. The van der Waals surface area contributed by atoms with Crippen LogP contribution < -0.4 is 5.32 Å². The van der Waals surface area contributed by atoms with E-state index in [2.05, 4.69) is 34.1 Å². The third-order valence-corrected chi connectivity index (χ3v) is 3.37. The van der Waals surface area contributed by atoms with Crippen molar-refractivity contribution in [1.82, 2.24) is 4.98 Å². The summed E-state index contributed by atoms with van der Waals surface area (Å²) in [7, 11) is 0. The summed E-state index contributed by atoms with van der Waals surface area (Å²) in [4.78, 5) is 4.26. The van der Waals surface area contributed by atoms with Crippen molar-refractivity contribution in [3.05, 3.63) is 33.4 Å². The molecule has 2 rings (SSSR count). The molecule has 2 aromatic heterocycles. The van der Waals surface area contributed by atoms with Crippen LogP contribution in [0.25, 0.3) is 0 Å². The van der Waals surface area contributed by atoms with Crippen molar-refractivity contribution >= 4 is 28.4 Å². The minimum atomic E-state index is 0.301. The summed E-state index contributed by atoms with van der Waals surface area (Å²) in [6.07, 6.45) is 1.84. The Bertz CT molecular complexity index is 340. The standard InChI is InChI=1S/C9H10N2S2/c1-7(9-10-3-5-13-9)11-8-2-4-12-6-8/h2-7,11H,1H3. The lowest BCUT2D eigenvalue weighted by atomic mass is 10.3. The molecule has 0 saturated carbocycles. The maximum absolute atomic E-state index is 4.26. The third kappa shape index (κ3) is 2.08. The number of thiophene rings is 1. The van der Waals surface area contributed by atoms with Gasteiger partial charge in [-0.15, -0.1) is 11.3 Å². The number of nitrogens with one attached hydrogen (secondary N) is 1. The lowest BCUT2D eigenvalue weighted by Crippen LogP contribution is -2.04. The van der Waals surface area contributed by atoms with Crippen molar-refractivity contribution in [2.24, 2.45) is 0 Å². The van der Waals surface area contributed by atoms with Gasteiger partial charge in [-0.2, -0.15) is 11.3 Å². The molecule has 1 atom stereocenters. The van der Waals surface area contributed by atoms with E-state index in [4.69, 9.17) is 0 Å². The molecule has 0 aliphatic rings. The number of hydrogen-bond donors (Lipinski definition) is 1. The van der Waals surface area contributed by atoms with Crippen LogP contribution in [0, 0.1) is 0 Å². The van der Waals surface area contributed by atoms with Crippen molar-refractivity contribution in [3.63, 3.8) is 0 Å². The van der Waals surface area contributed by atoms with E-state index in [0.29, 0.717) is 6.04 Å². The summed E-state index contributed by atoms with van der Waals surface area (Å²) in [5.74, 6) is 0. The molecule has 0 amide bonds. The van der Waals surface area contributed by atoms with Gasteiger partial charge in [0.1, 0.15) is 5.01 Å². The van der Waals surface area contributed by atoms with Crippen molar-refractivity contribution in [2.45, 2.75) is 13.0 Å². The van der Waals surface area contributed by atoms with Gasteiger partial charge in [-0.1, -0.05) is 0 Å². The highest BCUT2D eigenvalue weighted by Gasteiger charge is 2.06. The van der Waals surface area contributed by atoms with Crippen LogP contribution in [0.15, 0.2) is 28.4 Å². The summed E-state index contributed by atoms with van der Waals surface area (Å²) in [5.41, 5.74) is 1.17. The summed E-state index contributed by atoms with van der Waals surface area (Å²) in [6, 6.07) is 2.38. The summed E-state index contributed by atoms with van der Waals surface area (Å²) >= 11 is 3.38. The zero-order chi connectivity index (χ0) is 9.10. The Kier molecular flexibility index (Phi) is 2.61.